The Morgan fingerprint density at radius 2 is 2.00 bits per heavy atom. The van der Waals surface area contributed by atoms with Crippen LogP contribution >= 0.6 is 0 Å². The highest BCUT2D eigenvalue weighted by atomic mass is 16.5. The van der Waals surface area contributed by atoms with E-state index >= 15 is 0 Å². The summed E-state index contributed by atoms with van der Waals surface area (Å²) in [7, 11) is 0. The minimum absolute atomic E-state index is 0.117. The SMILES string of the molecule is Cc1cccc(COc2ccccc2CNCCC(=O)O)c1. The molecule has 0 aliphatic rings. The van der Waals surface area contributed by atoms with Crippen molar-refractivity contribution in [3.8, 4) is 5.75 Å². The molecule has 0 bridgehead atoms. The predicted molar refractivity (Wildman–Crippen MR) is 85.9 cm³/mol. The van der Waals surface area contributed by atoms with Gasteiger partial charge < -0.3 is 15.2 Å². The van der Waals surface area contributed by atoms with E-state index in [0.29, 0.717) is 19.7 Å². The quantitative estimate of drug-likeness (QED) is 0.735. The number of hydrogen-bond donors (Lipinski definition) is 2. The molecular formula is C18H21NO3. The Balaban J connectivity index is 1.91. The number of ether oxygens (including phenoxy) is 1. The zero-order valence-electron chi connectivity index (χ0n) is 12.7. The second-order valence-electron chi connectivity index (χ2n) is 5.21. The highest BCUT2D eigenvalue weighted by molar-refractivity contribution is 5.66. The van der Waals surface area contributed by atoms with Gasteiger partial charge in [-0.05, 0) is 18.6 Å². The highest BCUT2D eigenvalue weighted by Crippen LogP contribution is 2.19. The fourth-order valence-corrected chi connectivity index (χ4v) is 2.17. The van der Waals surface area contributed by atoms with E-state index in [2.05, 4.69) is 24.4 Å². The average molecular weight is 299 g/mol. The number of rotatable bonds is 8. The van der Waals surface area contributed by atoms with Crippen molar-refractivity contribution < 1.29 is 14.6 Å². The Labute approximate surface area is 130 Å². The van der Waals surface area contributed by atoms with Crippen molar-refractivity contribution in [2.45, 2.75) is 26.5 Å². The smallest absolute Gasteiger partial charge is 0.304 e. The van der Waals surface area contributed by atoms with Crippen molar-refractivity contribution in [1.82, 2.24) is 5.32 Å². The van der Waals surface area contributed by atoms with Gasteiger partial charge >= 0.3 is 5.97 Å². The first-order chi connectivity index (χ1) is 10.6. The Hall–Kier alpha value is -2.33. The van der Waals surface area contributed by atoms with Gasteiger partial charge in [-0.3, -0.25) is 4.79 Å². The summed E-state index contributed by atoms with van der Waals surface area (Å²) in [6.07, 6.45) is 0.117. The molecule has 0 amide bonds. The van der Waals surface area contributed by atoms with Gasteiger partial charge in [0.15, 0.2) is 0 Å². The summed E-state index contributed by atoms with van der Waals surface area (Å²) in [5.74, 6) is 0.0308. The second kappa shape index (κ2) is 8.20. The van der Waals surface area contributed by atoms with Crippen LogP contribution in [0.1, 0.15) is 23.1 Å². The van der Waals surface area contributed by atoms with E-state index in [1.54, 1.807) is 0 Å². The van der Waals surface area contributed by atoms with Crippen LogP contribution < -0.4 is 10.1 Å². The summed E-state index contributed by atoms with van der Waals surface area (Å²) in [6, 6.07) is 16.0. The number of nitrogens with one attached hydrogen (secondary N) is 1. The third-order valence-corrected chi connectivity index (χ3v) is 3.28. The zero-order valence-corrected chi connectivity index (χ0v) is 12.7. The molecule has 0 spiro atoms. The van der Waals surface area contributed by atoms with E-state index in [1.807, 2.05) is 36.4 Å². The van der Waals surface area contributed by atoms with Crippen LogP contribution in [0.25, 0.3) is 0 Å². The van der Waals surface area contributed by atoms with Crippen molar-refractivity contribution in [1.29, 1.82) is 0 Å². The molecule has 0 aliphatic heterocycles. The maximum Gasteiger partial charge on any atom is 0.304 e. The Bertz CT molecular complexity index is 625. The summed E-state index contributed by atoms with van der Waals surface area (Å²) in [6.45, 7) is 3.62. The topological polar surface area (TPSA) is 58.6 Å². The summed E-state index contributed by atoms with van der Waals surface area (Å²) in [5.41, 5.74) is 3.37. The third-order valence-electron chi connectivity index (χ3n) is 3.28. The lowest BCUT2D eigenvalue weighted by atomic mass is 10.1. The van der Waals surface area contributed by atoms with Gasteiger partial charge in [0.05, 0.1) is 6.42 Å². The molecule has 22 heavy (non-hydrogen) atoms. The molecule has 0 aromatic heterocycles. The molecular weight excluding hydrogens is 278 g/mol. The lowest BCUT2D eigenvalue weighted by Crippen LogP contribution is -2.18. The number of benzene rings is 2. The Morgan fingerprint density at radius 1 is 1.18 bits per heavy atom. The number of para-hydroxylation sites is 1. The number of hydrogen-bond acceptors (Lipinski definition) is 3. The summed E-state index contributed by atoms with van der Waals surface area (Å²) >= 11 is 0. The molecule has 0 saturated carbocycles. The summed E-state index contributed by atoms with van der Waals surface area (Å²) < 4.78 is 5.90. The molecule has 0 atom stereocenters. The van der Waals surface area contributed by atoms with Crippen molar-refractivity contribution in [2.75, 3.05) is 6.54 Å². The zero-order chi connectivity index (χ0) is 15.8. The van der Waals surface area contributed by atoms with Crippen molar-refractivity contribution >= 4 is 5.97 Å². The molecule has 0 heterocycles. The van der Waals surface area contributed by atoms with Gasteiger partial charge in [-0.15, -0.1) is 0 Å². The van der Waals surface area contributed by atoms with Gasteiger partial charge in [0, 0.05) is 18.7 Å². The molecule has 0 unspecified atom stereocenters. The van der Waals surface area contributed by atoms with Crippen LogP contribution in [0.3, 0.4) is 0 Å². The molecule has 2 aromatic carbocycles. The molecule has 0 aliphatic carbocycles. The lowest BCUT2D eigenvalue weighted by molar-refractivity contribution is -0.136. The largest absolute Gasteiger partial charge is 0.489 e. The molecule has 4 heteroatoms. The normalized spacial score (nSPS) is 10.4. The molecule has 2 N–H and O–H groups in total. The van der Waals surface area contributed by atoms with E-state index in [9.17, 15) is 4.79 Å². The van der Waals surface area contributed by atoms with Gasteiger partial charge in [-0.25, -0.2) is 0 Å². The first kappa shape index (κ1) is 16.0. The van der Waals surface area contributed by atoms with Crippen LogP contribution in [0.15, 0.2) is 48.5 Å². The second-order valence-corrected chi connectivity index (χ2v) is 5.21. The van der Waals surface area contributed by atoms with Crippen molar-refractivity contribution in [3.05, 3.63) is 65.2 Å². The van der Waals surface area contributed by atoms with Crippen molar-refractivity contribution in [3.63, 3.8) is 0 Å². The number of carboxylic acids is 1. The molecule has 0 fully saturated rings. The highest BCUT2D eigenvalue weighted by Gasteiger charge is 2.04. The van der Waals surface area contributed by atoms with E-state index in [4.69, 9.17) is 9.84 Å². The van der Waals surface area contributed by atoms with Gasteiger partial charge in [0.1, 0.15) is 12.4 Å². The maximum absolute atomic E-state index is 10.5. The van der Waals surface area contributed by atoms with Crippen LogP contribution in [-0.4, -0.2) is 17.6 Å². The monoisotopic (exact) mass is 299 g/mol. The van der Waals surface area contributed by atoms with E-state index < -0.39 is 5.97 Å². The first-order valence-corrected chi connectivity index (χ1v) is 7.34. The number of carboxylic acid groups (broad SMARTS) is 1. The lowest BCUT2D eigenvalue weighted by Gasteiger charge is -2.12. The Morgan fingerprint density at radius 3 is 2.77 bits per heavy atom. The van der Waals surface area contributed by atoms with Crippen LogP contribution in [0, 0.1) is 6.92 Å². The van der Waals surface area contributed by atoms with E-state index in [1.165, 1.54) is 5.56 Å². The molecule has 2 aromatic rings. The van der Waals surface area contributed by atoms with Gasteiger partial charge in [-0.1, -0.05) is 48.0 Å². The minimum Gasteiger partial charge on any atom is -0.489 e. The van der Waals surface area contributed by atoms with Crippen LogP contribution in [0.4, 0.5) is 0 Å². The van der Waals surface area contributed by atoms with E-state index in [0.717, 1.165) is 16.9 Å². The molecule has 0 radical (unpaired) electrons. The van der Waals surface area contributed by atoms with Gasteiger partial charge in [-0.2, -0.15) is 0 Å². The standard InChI is InChI=1S/C18H21NO3/c1-14-5-4-6-15(11-14)13-22-17-8-3-2-7-16(17)12-19-10-9-18(20)21/h2-8,11,19H,9-10,12-13H2,1H3,(H,20,21). The van der Waals surface area contributed by atoms with Gasteiger partial charge in [0.2, 0.25) is 0 Å². The Kier molecular flexibility index (Phi) is 5.98. The van der Waals surface area contributed by atoms with Crippen LogP contribution in [0.5, 0.6) is 5.75 Å². The molecule has 4 nitrogen and oxygen atoms in total. The van der Waals surface area contributed by atoms with E-state index in [-0.39, 0.29) is 6.42 Å². The van der Waals surface area contributed by atoms with Crippen LogP contribution in [-0.2, 0) is 17.9 Å². The predicted octanol–water partition coefficient (Wildman–Crippen LogP) is 3.14. The number of carbonyl (C=O) groups is 1. The molecule has 2 rings (SSSR count). The maximum atomic E-state index is 10.5. The third kappa shape index (κ3) is 5.22. The molecule has 116 valence electrons. The summed E-state index contributed by atoms with van der Waals surface area (Å²) in [5, 5.41) is 11.8. The first-order valence-electron chi connectivity index (χ1n) is 7.34. The van der Waals surface area contributed by atoms with Crippen LogP contribution in [0.2, 0.25) is 0 Å². The van der Waals surface area contributed by atoms with Crippen molar-refractivity contribution in [2.24, 2.45) is 0 Å². The number of aliphatic carboxylic acids is 1. The average Bonchev–Trinajstić information content (AvgIpc) is 2.50. The number of aryl methyl sites for hydroxylation is 1. The van der Waals surface area contributed by atoms with Gasteiger partial charge in [0.25, 0.3) is 0 Å². The molecule has 0 saturated heterocycles. The summed E-state index contributed by atoms with van der Waals surface area (Å²) in [4.78, 5) is 10.5. The minimum atomic E-state index is -0.795. The fraction of sp³-hybridized carbons (Fsp3) is 0.278. The fourth-order valence-electron chi connectivity index (χ4n) is 2.17.